The molecule has 0 spiro atoms. The van der Waals surface area contributed by atoms with Gasteiger partial charge in [0.25, 0.3) is 0 Å². The zero-order valence-corrected chi connectivity index (χ0v) is 32.9. The smallest absolute Gasteiger partial charge is 0.149 e. The van der Waals surface area contributed by atoms with Crippen LogP contribution in [0, 0.1) is 6.92 Å². The van der Waals surface area contributed by atoms with Crippen LogP contribution in [0.1, 0.15) is 74.2 Å². The van der Waals surface area contributed by atoms with Gasteiger partial charge in [-0.05, 0) is 112 Å². The molecule has 0 fully saturated rings. The molecule has 0 amide bonds. The Morgan fingerprint density at radius 2 is 1.36 bits per heavy atom. The van der Waals surface area contributed by atoms with Gasteiger partial charge in [0.2, 0.25) is 0 Å². The lowest BCUT2D eigenvalue weighted by molar-refractivity contribution is 0.477. The van der Waals surface area contributed by atoms with Crippen molar-refractivity contribution in [2.45, 2.75) is 65.7 Å². The van der Waals surface area contributed by atoms with Gasteiger partial charge in [-0.3, -0.25) is 9.55 Å². The molecule has 4 nitrogen and oxygen atoms in total. The highest BCUT2D eigenvalue weighted by Crippen LogP contribution is 2.42. The Bertz CT molecular complexity index is 3080. The SMILES string of the molecule is [2H]c1nc(-c2cc(-c3cccc4c3nc(-c3ccccc3O)n4-c3ccc(C(C)(C)CC)cc3-c3ccccc3)cc(C(C)(C)C)c2)c([2H])c(-c2c([2H])c([2H])c(C)c([2H])c2[2H])c1[2H]. The molecule has 0 aliphatic rings. The molecule has 56 heavy (non-hydrogen) atoms. The van der Waals surface area contributed by atoms with Gasteiger partial charge in [-0.25, -0.2) is 4.98 Å². The lowest BCUT2D eigenvalue weighted by Gasteiger charge is -2.25. The summed E-state index contributed by atoms with van der Waals surface area (Å²) in [6.07, 6.45) is 0.499. The van der Waals surface area contributed by atoms with E-state index in [0.29, 0.717) is 22.5 Å². The molecule has 0 unspecified atom stereocenters. The fraction of sp³-hybridized carbons (Fsp3) is 0.192. The van der Waals surface area contributed by atoms with E-state index in [9.17, 15) is 6.48 Å². The van der Waals surface area contributed by atoms with Crippen LogP contribution in [-0.4, -0.2) is 19.6 Å². The molecule has 0 bridgehead atoms. The first-order chi connectivity index (χ1) is 29.8. The zero-order valence-electron chi connectivity index (χ0n) is 39.9. The predicted molar refractivity (Wildman–Crippen MR) is 234 cm³/mol. The second-order valence-electron chi connectivity index (χ2n) is 16.0. The minimum Gasteiger partial charge on any atom is -0.507 e. The molecule has 8 aromatic rings. The van der Waals surface area contributed by atoms with Crippen LogP contribution in [0.25, 0.3) is 72.7 Å². The summed E-state index contributed by atoms with van der Waals surface area (Å²) < 4.78 is 63.8. The van der Waals surface area contributed by atoms with Crippen LogP contribution in [-0.2, 0) is 10.8 Å². The first-order valence-electron chi connectivity index (χ1n) is 22.6. The van der Waals surface area contributed by atoms with E-state index in [1.807, 2.05) is 60.7 Å². The van der Waals surface area contributed by atoms with Gasteiger partial charge >= 0.3 is 0 Å². The third-order valence-electron chi connectivity index (χ3n) is 10.8. The first kappa shape index (κ1) is 29.1. The van der Waals surface area contributed by atoms with Gasteiger partial charge in [-0.15, -0.1) is 0 Å². The Kier molecular flexibility index (Phi) is 7.49. The molecule has 0 atom stereocenters. The normalized spacial score (nSPS) is 13.7. The maximum Gasteiger partial charge on any atom is 0.149 e. The number of phenolic OH excluding ortho intramolecular Hbond substituents is 1. The fourth-order valence-electron chi connectivity index (χ4n) is 7.06. The second-order valence-corrected chi connectivity index (χ2v) is 16.0. The molecular weight excluding hydrogens is 683 g/mol. The molecule has 278 valence electrons. The largest absolute Gasteiger partial charge is 0.507 e. The van der Waals surface area contributed by atoms with Crippen molar-refractivity contribution >= 4 is 11.0 Å². The van der Waals surface area contributed by atoms with E-state index in [4.69, 9.17) is 13.2 Å². The average molecular weight is 739 g/mol. The first-order valence-corrected chi connectivity index (χ1v) is 19.1. The van der Waals surface area contributed by atoms with Crippen LogP contribution in [0.2, 0.25) is 0 Å². The number of benzene rings is 6. The molecular formula is C52H49N3O. The van der Waals surface area contributed by atoms with Crippen molar-refractivity contribution in [2.75, 3.05) is 0 Å². The van der Waals surface area contributed by atoms with Gasteiger partial charge in [0, 0.05) is 22.9 Å². The molecule has 2 heterocycles. The molecule has 4 heteroatoms. The topological polar surface area (TPSA) is 50.9 Å². The number of phenols is 1. The number of hydrogen-bond acceptors (Lipinski definition) is 3. The monoisotopic (exact) mass is 738 g/mol. The van der Waals surface area contributed by atoms with Crippen molar-refractivity contribution in [3.8, 4) is 67.5 Å². The Morgan fingerprint density at radius 1 is 0.643 bits per heavy atom. The predicted octanol–water partition coefficient (Wildman–Crippen LogP) is 13.8. The van der Waals surface area contributed by atoms with Gasteiger partial charge in [-0.2, -0.15) is 0 Å². The average Bonchev–Trinajstić information content (AvgIpc) is 3.66. The van der Waals surface area contributed by atoms with E-state index < -0.39 is 17.6 Å². The molecule has 1 N–H and O–H groups in total. The summed E-state index contributed by atoms with van der Waals surface area (Å²) in [4.78, 5) is 9.85. The number of hydrogen-bond donors (Lipinski definition) is 1. The molecule has 6 aromatic carbocycles. The van der Waals surface area contributed by atoms with Gasteiger partial charge in [0.1, 0.15) is 11.6 Å². The minimum absolute atomic E-state index is 0.0750. The number of fused-ring (bicyclic) bond motifs is 1. The number of aromatic nitrogens is 3. The highest BCUT2D eigenvalue weighted by atomic mass is 16.3. The highest BCUT2D eigenvalue weighted by molar-refractivity contribution is 5.97. The van der Waals surface area contributed by atoms with E-state index in [2.05, 4.69) is 87.5 Å². The van der Waals surface area contributed by atoms with Gasteiger partial charge in [0.15, 0.2) is 0 Å². The Labute approximate surface area is 341 Å². The van der Waals surface area contributed by atoms with Crippen molar-refractivity contribution in [1.29, 1.82) is 0 Å². The molecule has 0 saturated carbocycles. The molecule has 0 saturated heterocycles. The summed E-state index contributed by atoms with van der Waals surface area (Å²) in [7, 11) is 0. The van der Waals surface area contributed by atoms with E-state index in [0.717, 1.165) is 45.4 Å². The van der Waals surface area contributed by atoms with Crippen LogP contribution in [0.5, 0.6) is 5.75 Å². The van der Waals surface area contributed by atoms with Gasteiger partial charge < -0.3 is 5.11 Å². The van der Waals surface area contributed by atoms with Crippen molar-refractivity contribution in [3.63, 3.8) is 0 Å². The lowest BCUT2D eigenvalue weighted by atomic mass is 9.81. The van der Waals surface area contributed by atoms with Crippen molar-refractivity contribution in [1.82, 2.24) is 14.5 Å². The number of aromatic hydroxyl groups is 1. The maximum atomic E-state index is 11.4. The third-order valence-corrected chi connectivity index (χ3v) is 10.8. The Balaban J connectivity index is 1.43. The number of rotatable bonds is 8. The quantitative estimate of drug-likeness (QED) is 0.169. The summed E-state index contributed by atoms with van der Waals surface area (Å²) >= 11 is 0. The van der Waals surface area contributed by atoms with E-state index in [1.165, 1.54) is 12.5 Å². The molecule has 0 radical (unpaired) electrons. The maximum absolute atomic E-state index is 11.4. The summed E-state index contributed by atoms with van der Waals surface area (Å²) in [5.41, 5.74) is 8.42. The third kappa shape index (κ3) is 6.92. The number of imidazole rings is 1. The number of pyridine rings is 1. The second kappa shape index (κ2) is 14.4. The van der Waals surface area contributed by atoms with Crippen LogP contribution >= 0.6 is 0 Å². The summed E-state index contributed by atoms with van der Waals surface area (Å²) in [6, 6.07) is 33.9. The van der Waals surface area contributed by atoms with Crippen LogP contribution in [0.4, 0.5) is 0 Å². The highest BCUT2D eigenvalue weighted by Gasteiger charge is 2.25. The van der Waals surface area contributed by atoms with Crippen molar-refractivity contribution < 1.29 is 14.7 Å². The summed E-state index contributed by atoms with van der Waals surface area (Å²) in [6.45, 7) is 14.4. The van der Waals surface area contributed by atoms with E-state index in [1.54, 1.807) is 12.1 Å². The van der Waals surface area contributed by atoms with E-state index >= 15 is 0 Å². The Hall–Kier alpha value is -6.26. The van der Waals surface area contributed by atoms with Gasteiger partial charge in [0.05, 0.1) is 37.6 Å². The fourth-order valence-corrected chi connectivity index (χ4v) is 7.06. The number of nitrogens with zero attached hydrogens (tertiary/aromatic N) is 3. The van der Waals surface area contributed by atoms with E-state index in [-0.39, 0.29) is 63.8 Å². The standard InChI is InChI=1S/C52H49N3O/c1-8-52(6,7)40-25-26-46(44(33-40)36-15-10-9-11-16-36)55-47-19-14-18-42(49(47)54-50(55)43-17-12-13-20-48(43)56)38-29-39(31-41(30-38)51(3,4)5)45-32-37(27-28-53-45)35-23-21-34(2)22-24-35/h9-33,56H,8H2,1-7H3/i21D,22D,23D,24D,27D,28D,32D. The lowest BCUT2D eigenvalue weighted by Crippen LogP contribution is -2.16. The minimum atomic E-state index is -0.452. The van der Waals surface area contributed by atoms with Crippen LogP contribution in [0.3, 0.4) is 0 Å². The van der Waals surface area contributed by atoms with Crippen LogP contribution < -0.4 is 0 Å². The molecule has 0 aliphatic heterocycles. The number of para-hydroxylation sites is 2. The summed E-state index contributed by atoms with van der Waals surface area (Å²) in [5, 5.41) is 11.4. The van der Waals surface area contributed by atoms with Crippen molar-refractivity contribution in [2.24, 2.45) is 0 Å². The van der Waals surface area contributed by atoms with Gasteiger partial charge in [-0.1, -0.05) is 138 Å². The van der Waals surface area contributed by atoms with Crippen LogP contribution in [0.15, 0.2) is 152 Å². The zero-order chi connectivity index (χ0) is 45.3. The molecule has 2 aromatic heterocycles. The molecule has 8 rings (SSSR count). The summed E-state index contributed by atoms with van der Waals surface area (Å²) in [5.74, 6) is 0.631. The Morgan fingerprint density at radius 3 is 2.09 bits per heavy atom. The van der Waals surface area contributed by atoms with Crippen molar-refractivity contribution in [3.05, 3.63) is 168 Å². The molecule has 0 aliphatic carbocycles.